The Morgan fingerprint density at radius 1 is 1.48 bits per heavy atom. The summed E-state index contributed by atoms with van der Waals surface area (Å²) < 4.78 is 7.91. The van der Waals surface area contributed by atoms with Crippen molar-refractivity contribution in [3.63, 3.8) is 0 Å². The first kappa shape index (κ1) is 16.3. The standard InChI is InChI=1S/C16H30N4O/c1-5-19(3)12-15(21-4)10-17-16-18-13(2)11-20(16)14-8-6-7-9-14/h11,14-15H,5-10,12H2,1-4H3,(H,17,18). The van der Waals surface area contributed by atoms with Crippen LogP contribution in [0.2, 0.25) is 0 Å². The molecule has 21 heavy (non-hydrogen) atoms. The number of aromatic nitrogens is 2. The predicted octanol–water partition coefficient (Wildman–Crippen LogP) is 2.69. The van der Waals surface area contributed by atoms with E-state index in [-0.39, 0.29) is 6.10 Å². The minimum absolute atomic E-state index is 0.184. The third-order valence-electron chi connectivity index (χ3n) is 4.45. The highest BCUT2D eigenvalue weighted by atomic mass is 16.5. The summed E-state index contributed by atoms with van der Waals surface area (Å²) in [7, 11) is 3.90. The number of likely N-dealkylation sites (N-methyl/N-ethyl adjacent to an activating group) is 1. The highest BCUT2D eigenvalue weighted by Gasteiger charge is 2.20. The van der Waals surface area contributed by atoms with Crippen LogP contribution in [0, 0.1) is 6.92 Å². The van der Waals surface area contributed by atoms with Crippen molar-refractivity contribution < 1.29 is 4.74 Å². The number of imidazole rings is 1. The molecule has 2 rings (SSSR count). The molecule has 1 atom stereocenters. The number of nitrogens with zero attached hydrogens (tertiary/aromatic N) is 3. The van der Waals surface area contributed by atoms with Crippen molar-refractivity contribution >= 4 is 5.95 Å². The molecule has 5 nitrogen and oxygen atoms in total. The Morgan fingerprint density at radius 3 is 2.81 bits per heavy atom. The van der Waals surface area contributed by atoms with Crippen molar-refractivity contribution in [1.29, 1.82) is 0 Å². The van der Waals surface area contributed by atoms with Crippen LogP contribution < -0.4 is 5.32 Å². The van der Waals surface area contributed by atoms with Gasteiger partial charge in [-0.15, -0.1) is 0 Å². The molecule has 1 unspecified atom stereocenters. The summed E-state index contributed by atoms with van der Waals surface area (Å²) in [6.07, 6.45) is 7.59. The van der Waals surface area contributed by atoms with Gasteiger partial charge in [-0.05, 0) is 33.4 Å². The van der Waals surface area contributed by atoms with E-state index in [0.717, 1.165) is 31.3 Å². The van der Waals surface area contributed by atoms with Crippen LogP contribution in [0.5, 0.6) is 0 Å². The van der Waals surface area contributed by atoms with E-state index in [2.05, 4.69) is 46.9 Å². The van der Waals surface area contributed by atoms with Crippen LogP contribution >= 0.6 is 0 Å². The van der Waals surface area contributed by atoms with E-state index in [1.54, 1.807) is 7.11 Å². The molecule has 0 saturated heterocycles. The third-order valence-corrected chi connectivity index (χ3v) is 4.45. The molecule has 1 fully saturated rings. The lowest BCUT2D eigenvalue weighted by Crippen LogP contribution is -2.35. The van der Waals surface area contributed by atoms with Gasteiger partial charge in [0, 0.05) is 32.4 Å². The number of aryl methyl sites for hydroxylation is 1. The zero-order valence-electron chi connectivity index (χ0n) is 13.9. The van der Waals surface area contributed by atoms with Crippen molar-refractivity contribution in [1.82, 2.24) is 14.5 Å². The summed E-state index contributed by atoms with van der Waals surface area (Å²) in [5, 5.41) is 3.49. The van der Waals surface area contributed by atoms with Crippen LogP contribution in [0.15, 0.2) is 6.20 Å². The first-order valence-electron chi connectivity index (χ1n) is 8.14. The second-order valence-corrected chi connectivity index (χ2v) is 6.14. The monoisotopic (exact) mass is 294 g/mol. The molecule has 1 aliphatic rings. The minimum atomic E-state index is 0.184. The van der Waals surface area contributed by atoms with Gasteiger partial charge in [0.2, 0.25) is 5.95 Å². The smallest absolute Gasteiger partial charge is 0.203 e. The van der Waals surface area contributed by atoms with Gasteiger partial charge in [-0.3, -0.25) is 0 Å². The van der Waals surface area contributed by atoms with E-state index in [9.17, 15) is 0 Å². The Balaban J connectivity index is 1.95. The van der Waals surface area contributed by atoms with Gasteiger partial charge in [-0.2, -0.15) is 0 Å². The molecule has 0 amide bonds. The normalized spacial score (nSPS) is 17.6. The molecule has 120 valence electrons. The molecule has 0 radical (unpaired) electrons. The molecule has 0 aromatic carbocycles. The van der Waals surface area contributed by atoms with Gasteiger partial charge >= 0.3 is 0 Å². The summed E-state index contributed by atoms with van der Waals surface area (Å²) in [5.41, 5.74) is 1.09. The van der Waals surface area contributed by atoms with Crippen molar-refractivity contribution in [3.8, 4) is 0 Å². The Morgan fingerprint density at radius 2 is 2.19 bits per heavy atom. The van der Waals surface area contributed by atoms with Gasteiger partial charge in [0.25, 0.3) is 0 Å². The van der Waals surface area contributed by atoms with Crippen LogP contribution in [-0.4, -0.2) is 54.3 Å². The average Bonchev–Trinajstić information content (AvgIpc) is 3.12. The molecular weight excluding hydrogens is 264 g/mol. The van der Waals surface area contributed by atoms with Gasteiger partial charge < -0.3 is 19.5 Å². The first-order valence-corrected chi connectivity index (χ1v) is 8.14. The van der Waals surface area contributed by atoms with E-state index in [0.29, 0.717) is 6.04 Å². The maximum absolute atomic E-state index is 5.58. The number of nitrogens with one attached hydrogen (secondary N) is 1. The molecule has 1 aromatic heterocycles. The summed E-state index contributed by atoms with van der Waals surface area (Å²) in [4.78, 5) is 6.91. The maximum Gasteiger partial charge on any atom is 0.203 e. The highest BCUT2D eigenvalue weighted by molar-refractivity contribution is 5.30. The van der Waals surface area contributed by atoms with E-state index >= 15 is 0 Å². The minimum Gasteiger partial charge on any atom is -0.378 e. The Kier molecular flexibility index (Phi) is 6.06. The van der Waals surface area contributed by atoms with Crippen LogP contribution in [0.25, 0.3) is 0 Å². The Hall–Kier alpha value is -1.07. The molecule has 0 spiro atoms. The third kappa shape index (κ3) is 4.45. The van der Waals surface area contributed by atoms with Gasteiger partial charge in [0.15, 0.2) is 0 Å². The first-order chi connectivity index (χ1) is 10.1. The number of ether oxygens (including phenoxy) is 1. The predicted molar refractivity (Wildman–Crippen MR) is 86.9 cm³/mol. The molecule has 5 heteroatoms. The number of rotatable bonds is 8. The summed E-state index contributed by atoms with van der Waals surface area (Å²) >= 11 is 0. The van der Waals surface area contributed by atoms with E-state index in [4.69, 9.17) is 4.74 Å². The van der Waals surface area contributed by atoms with Gasteiger partial charge in [-0.1, -0.05) is 19.8 Å². The van der Waals surface area contributed by atoms with E-state index < -0.39 is 0 Å². The maximum atomic E-state index is 5.58. The highest BCUT2D eigenvalue weighted by Crippen LogP contribution is 2.32. The molecule has 1 N–H and O–H groups in total. The number of hydrogen-bond donors (Lipinski definition) is 1. The summed E-state index contributed by atoms with van der Waals surface area (Å²) in [6.45, 7) is 6.99. The fourth-order valence-electron chi connectivity index (χ4n) is 3.01. The molecule has 1 saturated carbocycles. The zero-order chi connectivity index (χ0) is 15.2. The number of hydrogen-bond acceptors (Lipinski definition) is 4. The molecule has 1 heterocycles. The zero-order valence-corrected chi connectivity index (χ0v) is 13.9. The second kappa shape index (κ2) is 7.80. The second-order valence-electron chi connectivity index (χ2n) is 6.14. The number of anilines is 1. The summed E-state index contributed by atoms with van der Waals surface area (Å²) in [6, 6.07) is 0.619. The van der Waals surface area contributed by atoms with Gasteiger partial charge in [-0.25, -0.2) is 4.98 Å². The van der Waals surface area contributed by atoms with E-state index in [1.807, 2.05) is 0 Å². The molecule has 0 aliphatic heterocycles. The lowest BCUT2D eigenvalue weighted by Gasteiger charge is -2.23. The van der Waals surface area contributed by atoms with Crippen molar-refractivity contribution in [2.24, 2.45) is 0 Å². The fourth-order valence-corrected chi connectivity index (χ4v) is 3.01. The van der Waals surface area contributed by atoms with Crippen molar-refractivity contribution in [2.75, 3.05) is 39.1 Å². The topological polar surface area (TPSA) is 42.3 Å². The van der Waals surface area contributed by atoms with Crippen molar-refractivity contribution in [2.45, 2.75) is 51.7 Å². The Labute approximate surface area is 128 Å². The van der Waals surface area contributed by atoms with Crippen LogP contribution in [0.1, 0.15) is 44.3 Å². The SMILES string of the molecule is CCN(C)CC(CNc1nc(C)cn1C1CCCC1)OC. The molecule has 0 bridgehead atoms. The van der Waals surface area contributed by atoms with Gasteiger partial charge in [0.05, 0.1) is 11.8 Å². The lowest BCUT2D eigenvalue weighted by atomic mass is 10.2. The quantitative estimate of drug-likeness (QED) is 0.800. The lowest BCUT2D eigenvalue weighted by molar-refractivity contribution is 0.0825. The largest absolute Gasteiger partial charge is 0.378 e. The van der Waals surface area contributed by atoms with Crippen LogP contribution in [-0.2, 0) is 4.74 Å². The average molecular weight is 294 g/mol. The van der Waals surface area contributed by atoms with Crippen molar-refractivity contribution in [3.05, 3.63) is 11.9 Å². The number of methoxy groups -OCH3 is 1. The molecular formula is C16H30N4O. The van der Waals surface area contributed by atoms with Crippen LogP contribution in [0.3, 0.4) is 0 Å². The van der Waals surface area contributed by atoms with Crippen LogP contribution in [0.4, 0.5) is 5.95 Å². The fraction of sp³-hybridized carbons (Fsp3) is 0.812. The Bertz CT molecular complexity index is 426. The molecule has 1 aromatic rings. The summed E-state index contributed by atoms with van der Waals surface area (Å²) in [5.74, 6) is 1.00. The van der Waals surface area contributed by atoms with Gasteiger partial charge in [0.1, 0.15) is 0 Å². The molecule has 1 aliphatic carbocycles. The van der Waals surface area contributed by atoms with E-state index in [1.165, 1.54) is 25.7 Å².